The molecule has 4 heteroatoms. The Labute approximate surface area is 96.3 Å². The van der Waals surface area contributed by atoms with E-state index in [4.69, 9.17) is 4.74 Å². The van der Waals surface area contributed by atoms with E-state index in [1.54, 1.807) is 11.8 Å². The van der Waals surface area contributed by atoms with E-state index < -0.39 is 5.54 Å². The van der Waals surface area contributed by atoms with Crippen LogP contribution in [0.1, 0.15) is 33.6 Å². The summed E-state index contributed by atoms with van der Waals surface area (Å²) in [4.78, 5) is 11.7. The van der Waals surface area contributed by atoms with E-state index in [9.17, 15) is 4.79 Å². The summed E-state index contributed by atoms with van der Waals surface area (Å²) in [6, 6.07) is 0.516. The van der Waals surface area contributed by atoms with Gasteiger partial charge in [-0.3, -0.25) is 10.1 Å². The number of nitrogens with one attached hydrogen (secondary N) is 1. The van der Waals surface area contributed by atoms with Crippen LogP contribution in [0.4, 0.5) is 0 Å². The minimum absolute atomic E-state index is 0.150. The normalized spacial score (nSPS) is 20.1. The first-order chi connectivity index (χ1) is 6.98. The number of esters is 1. The first-order valence-corrected chi connectivity index (χ1v) is 6.50. The fourth-order valence-electron chi connectivity index (χ4n) is 1.40. The number of carbonyl (C=O) groups is 1. The van der Waals surface area contributed by atoms with Crippen LogP contribution in [0.15, 0.2) is 0 Å². The lowest BCUT2D eigenvalue weighted by molar-refractivity contribution is -0.146. The summed E-state index contributed by atoms with van der Waals surface area (Å²) in [5.74, 6) is 0.621. The van der Waals surface area contributed by atoms with Crippen molar-refractivity contribution in [2.75, 3.05) is 12.9 Å². The minimum Gasteiger partial charge on any atom is -0.468 e. The summed E-state index contributed by atoms with van der Waals surface area (Å²) in [5, 5.41) is 3.92. The average molecular weight is 231 g/mol. The largest absolute Gasteiger partial charge is 0.468 e. The van der Waals surface area contributed by atoms with Crippen LogP contribution in [-0.4, -0.2) is 35.7 Å². The van der Waals surface area contributed by atoms with Crippen molar-refractivity contribution in [3.8, 4) is 0 Å². The fourth-order valence-corrected chi connectivity index (χ4v) is 2.26. The quantitative estimate of drug-likeness (QED) is 0.708. The molecule has 1 aliphatic rings. The van der Waals surface area contributed by atoms with Crippen molar-refractivity contribution < 1.29 is 9.53 Å². The highest BCUT2D eigenvalue weighted by Crippen LogP contribution is 2.26. The Balaban J connectivity index is 2.52. The van der Waals surface area contributed by atoms with Gasteiger partial charge in [0, 0.05) is 11.8 Å². The zero-order valence-electron chi connectivity index (χ0n) is 10.0. The Morgan fingerprint density at radius 2 is 2.20 bits per heavy atom. The standard InChI is InChI=1S/C11H21NO2S/c1-8(2)15-7-11(3,10(13)14-4)12-9-5-6-9/h8-9,12H,5-7H2,1-4H3. The zero-order chi connectivity index (χ0) is 11.5. The summed E-state index contributed by atoms with van der Waals surface area (Å²) >= 11 is 1.79. The maximum Gasteiger partial charge on any atom is 0.326 e. The molecule has 1 rings (SSSR count). The van der Waals surface area contributed by atoms with Crippen LogP contribution >= 0.6 is 11.8 Å². The van der Waals surface area contributed by atoms with E-state index in [1.165, 1.54) is 20.0 Å². The number of rotatable bonds is 6. The molecule has 1 aliphatic carbocycles. The molecular weight excluding hydrogens is 210 g/mol. The Morgan fingerprint density at radius 3 is 2.60 bits per heavy atom. The number of thioether (sulfide) groups is 1. The third-order valence-corrected chi connectivity index (χ3v) is 3.85. The third kappa shape index (κ3) is 4.03. The number of ether oxygens (including phenoxy) is 1. The van der Waals surface area contributed by atoms with Gasteiger partial charge >= 0.3 is 5.97 Å². The van der Waals surface area contributed by atoms with Gasteiger partial charge in [0.05, 0.1) is 7.11 Å². The van der Waals surface area contributed by atoms with Crippen LogP contribution in [0, 0.1) is 0 Å². The molecule has 0 bridgehead atoms. The summed E-state index contributed by atoms with van der Waals surface area (Å²) in [6.45, 7) is 6.21. The highest BCUT2D eigenvalue weighted by atomic mass is 32.2. The molecule has 1 fully saturated rings. The van der Waals surface area contributed by atoms with E-state index in [2.05, 4.69) is 19.2 Å². The van der Waals surface area contributed by atoms with Gasteiger partial charge in [-0.05, 0) is 25.0 Å². The predicted molar refractivity (Wildman–Crippen MR) is 64.2 cm³/mol. The van der Waals surface area contributed by atoms with Gasteiger partial charge in [0.1, 0.15) is 5.54 Å². The van der Waals surface area contributed by atoms with Crippen LogP contribution in [0.25, 0.3) is 0 Å². The van der Waals surface area contributed by atoms with Gasteiger partial charge in [0.15, 0.2) is 0 Å². The van der Waals surface area contributed by atoms with E-state index >= 15 is 0 Å². The molecule has 1 unspecified atom stereocenters. The molecule has 0 spiro atoms. The number of hydrogen-bond donors (Lipinski definition) is 1. The van der Waals surface area contributed by atoms with Gasteiger partial charge in [0.2, 0.25) is 0 Å². The number of carbonyl (C=O) groups excluding carboxylic acids is 1. The molecule has 1 saturated carbocycles. The average Bonchev–Trinajstić information content (AvgIpc) is 2.97. The second-order valence-corrected chi connectivity index (χ2v) is 6.17. The number of hydrogen-bond acceptors (Lipinski definition) is 4. The third-order valence-electron chi connectivity index (χ3n) is 2.44. The van der Waals surface area contributed by atoms with Gasteiger partial charge in [-0.25, -0.2) is 0 Å². The summed E-state index contributed by atoms with van der Waals surface area (Å²) < 4.78 is 4.86. The first kappa shape index (κ1) is 12.8. The Kier molecular flexibility index (Phi) is 4.46. The zero-order valence-corrected chi connectivity index (χ0v) is 10.8. The van der Waals surface area contributed by atoms with Crippen molar-refractivity contribution in [1.82, 2.24) is 5.32 Å². The van der Waals surface area contributed by atoms with Crippen molar-refractivity contribution >= 4 is 17.7 Å². The second kappa shape index (κ2) is 5.21. The first-order valence-electron chi connectivity index (χ1n) is 5.45. The minimum atomic E-state index is -0.523. The molecule has 3 nitrogen and oxygen atoms in total. The molecule has 0 radical (unpaired) electrons. The van der Waals surface area contributed by atoms with Gasteiger partial charge in [0.25, 0.3) is 0 Å². The maximum absolute atomic E-state index is 11.7. The predicted octanol–water partition coefficient (Wildman–Crippen LogP) is 1.81. The SMILES string of the molecule is COC(=O)C(C)(CSC(C)C)NC1CC1. The molecule has 0 saturated heterocycles. The van der Waals surface area contributed by atoms with E-state index in [0.29, 0.717) is 11.3 Å². The van der Waals surface area contributed by atoms with Crippen LogP contribution < -0.4 is 5.32 Å². The fraction of sp³-hybridized carbons (Fsp3) is 0.909. The maximum atomic E-state index is 11.7. The van der Waals surface area contributed by atoms with Crippen molar-refractivity contribution in [3.63, 3.8) is 0 Å². The molecule has 15 heavy (non-hydrogen) atoms. The van der Waals surface area contributed by atoms with Crippen LogP contribution in [-0.2, 0) is 9.53 Å². The molecule has 1 N–H and O–H groups in total. The number of methoxy groups -OCH3 is 1. The van der Waals surface area contributed by atoms with Gasteiger partial charge in [-0.1, -0.05) is 13.8 Å². The molecule has 0 aromatic heterocycles. The van der Waals surface area contributed by atoms with Crippen molar-refractivity contribution in [1.29, 1.82) is 0 Å². The van der Waals surface area contributed by atoms with Gasteiger partial charge in [-0.15, -0.1) is 0 Å². The lowest BCUT2D eigenvalue weighted by atomic mass is 10.1. The Bertz CT molecular complexity index is 229. The van der Waals surface area contributed by atoms with Crippen LogP contribution in [0.2, 0.25) is 0 Å². The van der Waals surface area contributed by atoms with Crippen molar-refractivity contribution in [2.45, 2.75) is 50.4 Å². The molecule has 0 aromatic carbocycles. The smallest absolute Gasteiger partial charge is 0.326 e. The molecule has 0 heterocycles. The van der Waals surface area contributed by atoms with Crippen molar-refractivity contribution in [3.05, 3.63) is 0 Å². The molecule has 0 aliphatic heterocycles. The Hall–Kier alpha value is -0.220. The monoisotopic (exact) mass is 231 g/mol. The molecule has 88 valence electrons. The van der Waals surface area contributed by atoms with E-state index in [0.717, 1.165) is 5.75 Å². The summed E-state index contributed by atoms with van der Waals surface area (Å²) in [5.41, 5.74) is -0.523. The molecular formula is C11H21NO2S. The molecule has 0 aromatic rings. The lowest BCUT2D eigenvalue weighted by Gasteiger charge is -2.28. The molecule has 0 amide bonds. The highest BCUT2D eigenvalue weighted by molar-refractivity contribution is 7.99. The van der Waals surface area contributed by atoms with Crippen LogP contribution in [0.5, 0.6) is 0 Å². The Morgan fingerprint density at radius 1 is 1.60 bits per heavy atom. The van der Waals surface area contributed by atoms with Gasteiger partial charge in [-0.2, -0.15) is 11.8 Å². The molecule has 1 atom stereocenters. The second-order valence-electron chi connectivity index (χ2n) is 4.60. The lowest BCUT2D eigenvalue weighted by Crippen LogP contribution is -2.53. The van der Waals surface area contributed by atoms with E-state index in [-0.39, 0.29) is 5.97 Å². The van der Waals surface area contributed by atoms with E-state index in [1.807, 2.05) is 6.92 Å². The highest BCUT2D eigenvalue weighted by Gasteiger charge is 2.39. The topological polar surface area (TPSA) is 38.3 Å². The van der Waals surface area contributed by atoms with Crippen LogP contribution in [0.3, 0.4) is 0 Å². The summed E-state index contributed by atoms with van der Waals surface area (Å²) in [7, 11) is 1.45. The van der Waals surface area contributed by atoms with Crippen molar-refractivity contribution in [2.24, 2.45) is 0 Å². The summed E-state index contributed by atoms with van der Waals surface area (Å²) in [6.07, 6.45) is 2.36. The van der Waals surface area contributed by atoms with Gasteiger partial charge < -0.3 is 4.74 Å².